The number of amides is 1. The molecule has 2 aromatic carbocycles. The first-order chi connectivity index (χ1) is 19.4. The summed E-state index contributed by atoms with van der Waals surface area (Å²) < 4.78 is 53.7. The Morgan fingerprint density at radius 1 is 1.00 bits per heavy atom. The van der Waals surface area contributed by atoms with Crippen molar-refractivity contribution in [2.24, 2.45) is 23.5 Å². The number of hydrogen-bond donors (Lipinski definition) is 3. The molecule has 1 saturated heterocycles. The molecule has 5 rings (SSSR count). The molecule has 2 aromatic rings. The average molecular weight is 604 g/mol. The Bertz CT molecular complexity index is 1470. The van der Waals surface area contributed by atoms with Crippen LogP contribution in [0.25, 0.3) is 0 Å². The van der Waals surface area contributed by atoms with Crippen molar-refractivity contribution in [1.29, 1.82) is 0 Å². The van der Waals surface area contributed by atoms with E-state index in [0.29, 0.717) is 37.2 Å². The molecule has 3 aliphatic rings. The number of nitrogens with two attached hydrogens (primary N) is 1. The number of nitrogens with zero attached hydrogens (tertiary/aromatic N) is 2. The number of anilines is 2. The molecule has 1 heterocycles. The first-order valence-electron chi connectivity index (χ1n) is 14.4. The van der Waals surface area contributed by atoms with Gasteiger partial charge in [0.25, 0.3) is 5.91 Å². The molecule has 224 valence electrons. The van der Waals surface area contributed by atoms with Gasteiger partial charge in [-0.15, -0.1) is 0 Å². The average Bonchev–Trinajstić information content (AvgIpc) is 3.61. The second-order valence-electron chi connectivity index (χ2n) is 11.8. The van der Waals surface area contributed by atoms with Gasteiger partial charge in [0.15, 0.2) is 0 Å². The Balaban J connectivity index is 1.27. The zero-order valence-corrected chi connectivity index (χ0v) is 25.4. The maximum atomic E-state index is 13.4. The van der Waals surface area contributed by atoms with Crippen LogP contribution in [-0.2, 0) is 26.6 Å². The first kappa shape index (κ1) is 30.0. The molecule has 1 aliphatic heterocycles. The van der Waals surface area contributed by atoms with Crippen LogP contribution in [0.3, 0.4) is 0 Å². The van der Waals surface area contributed by atoms with Gasteiger partial charge in [-0.1, -0.05) is 25.3 Å². The second kappa shape index (κ2) is 12.0. The van der Waals surface area contributed by atoms with Crippen molar-refractivity contribution < 1.29 is 21.6 Å². The van der Waals surface area contributed by atoms with Gasteiger partial charge in [-0.05, 0) is 85.5 Å². The van der Waals surface area contributed by atoms with Gasteiger partial charge in [-0.25, -0.2) is 16.8 Å². The van der Waals surface area contributed by atoms with E-state index in [-0.39, 0.29) is 22.2 Å². The second-order valence-corrected chi connectivity index (χ2v) is 15.7. The minimum Gasteiger partial charge on any atom is -0.327 e. The van der Waals surface area contributed by atoms with Crippen molar-refractivity contribution in [2.45, 2.75) is 56.0 Å². The summed E-state index contributed by atoms with van der Waals surface area (Å²) in [5, 5.41) is 6.15. The highest BCUT2D eigenvalue weighted by Gasteiger charge is 2.35. The predicted octanol–water partition coefficient (Wildman–Crippen LogP) is 2.97. The van der Waals surface area contributed by atoms with Crippen LogP contribution in [0.2, 0.25) is 0 Å². The van der Waals surface area contributed by atoms with Crippen molar-refractivity contribution in [2.75, 3.05) is 42.6 Å². The maximum Gasteiger partial charge on any atom is 0.257 e. The van der Waals surface area contributed by atoms with Crippen molar-refractivity contribution in [3.05, 3.63) is 53.6 Å². The van der Waals surface area contributed by atoms with Crippen LogP contribution in [0.4, 0.5) is 11.4 Å². The highest BCUT2D eigenvalue weighted by atomic mass is 32.2. The Morgan fingerprint density at radius 3 is 2.20 bits per heavy atom. The van der Waals surface area contributed by atoms with Crippen LogP contribution in [0.15, 0.2) is 47.4 Å². The molecule has 3 fully saturated rings. The molecule has 2 atom stereocenters. The number of benzene rings is 2. The van der Waals surface area contributed by atoms with E-state index in [1.807, 2.05) is 0 Å². The van der Waals surface area contributed by atoms with Gasteiger partial charge < -0.3 is 16.4 Å². The molecule has 0 spiro atoms. The number of rotatable bonds is 11. The van der Waals surface area contributed by atoms with Crippen molar-refractivity contribution in [1.82, 2.24) is 9.62 Å². The van der Waals surface area contributed by atoms with Gasteiger partial charge in [0, 0.05) is 38.4 Å². The fourth-order valence-corrected chi connectivity index (χ4v) is 7.78. The number of hydrogen-bond acceptors (Lipinski definition) is 7. The lowest BCUT2D eigenvalue weighted by molar-refractivity contribution is 0.102. The quantitative estimate of drug-likeness (QED) is 0.359. The Labute approximate surface area is 243 Å². The van der Waals surface area contributed by atoms with E-state index in [1.54, 1.807) is 34.6 Å². The van der Waals surface area contributed by atoms with Gasteiger partial charge >= 0.3 is 0 Å². The van der Waals surface area contributed by atoms with Crippen LogP contribution in [0.5, 0.6) is 0 Å². The van der Waals surface area contributed by atoms with Crippen molar-refractivity contribution >= 4 is 37.3 Å². The molecule has 4 N–H and O–H groups in total. The molecule has 2 aliphatic carbocycles. The summed E-state index contributed by atoms with van der Waals surface area (Å²) in [6.45, 7) is 2.37. The van der Waals surface area contributed by atoms with E-state index in [4.69, 9.17) is 5.73 Å². The summed E-state index contributed by atoms with van der Waals surface area (Å²) in [5.74, 6) is 1.36. The van der Waals surface area contributed by atoms with E-state index in [2.05, 4.69) is 10.6 Å². The summed E-state index contributed by atoms with van der Waals surface area (Å²) in [6.07, 6.45) is 7.73. The molecule has 1 amide bonds. The lowest BCUT2D eigenvalue weighted by atomic mass is 9.72. The molecule has 0 unspecified atom stereocenters. The molecular formula is C29H41N5O5S2. The number of carbonyl (C=O) groups excluding carboxylic acids is 1. The Morgan fingerprint density at radius 2 is 1.63 bits per heavy atom. The van der Waals surface area contributed by atoms with Crippen LogP contribution in [0.1, 0.15) is 54.4 Å². The topological polar surface area (TPSA) is 142 Å². The zero-order chi connectivity index (χ0) is 29.4. The highest BCUT2D eigenvalue weighted by Crippen LogP contribution is 2.39. The van der Waals surface area contributed by atoms with Gasteiger partial charge in [0.2, 0.25) is 20.0 Å². The molecule has 12 heteroatoms. The third kappa shape index (κ3) is 6.94. The zero-order valence-electron chi connectivity index (χ0n) is 23.8. The fourth-order valence-electron chi connectivity index (χ4n) is 5.79. The van der Waals surface area contributed by atoms with Crippen LogP contribution in [-0.4, -0.2) is 66.0 Å². The first-order valence-corrected chi connectivity index (χ1v) is 17.7. The van der Waals surface area contributed by atoms with Crippen molar-refractivity contribution in [3.8, 4) is 0 Å². The lowest BCUT2D eigenvalue weighted by Gasteiger charge is -2.39. The van der Waals surface area contributed by atoms with Gasteiger partial charge in [0.05, 0.1) is 22.4 Å². The molecule has 10 nitrogen and oxygen atoms in total. The molecule has 41 heavy (non-hydrogen) atoms. The minimum absolute atomic E-state index is 0.193. The molecule has 0 radical (unpaired) electrons. The lowest BCUT2D eigenvalue weighted by Crippen LogP contribution is -2.41. The van der Waals surface area contributed by atoms with E-state index in [1.165, 1.54) is 38.4 Å². The van der Waals surface area contributed by atoms with Crippen LogP contribution in [0, 0.1) is 17.8 Å². The largest absolute Gasteiger partial charge is 0.327 e. The number of nitrogens with one attached hydrogen (secondary N) is 2. The summed E-state index contributed by atoms with van der Waals surface area (Å²) in [7, 11) is -5.82. The Kier molecular flexibility index (Phi) is 8.77. The predicted molar refractivity (Wildman–Crippen MR) is 161 cm³/mol. The third-order valence-corrected chi connectivity index (χ3v) is 12.0. The third-order valence-electron chi connectivity index (χ3n) is 8.92. The molecule has 0 aromatic heterocycles. The highest BCUT2D eigenvalue weighted by molar-refractivity contribution is 7.92. The molecule has 2 saturated carbocycles. The van der Waals surface area contributed by atoms with Crippen molar-refractivity contribution in [3.63, 3.8) is 0 Å². The number of piperidine rings is 1. The smallest absolute Gasteiger partial charge is 0.257 e. The summed E-state index contributed by atoms with van der Waals surface area (Å²) in [6, 6.07) is 11.5. The van der Waals surface area contributed by atoms with Crippen LogP contribution >= 0.6 is 0 Å². The monoisotopic (exact) mass is 603 g/mol. The number of carbonyl (C=O) groups is 1. The van der Waals surface area contributed by atoms with E-state index >= 15 is 0 Å². The Hall–Kier alpha value is -2.51. The van der Waals surface area contributed by atoms with Gasteiger partial charge in [-0.2, -0.15) is 4.31 Å². The van der Waals surface area contributed by atoms with E-state index < -0.39 is 26.0 Å². The fraction of sp³-hybridized carbons (Fsp3) is 0.552. The molecule has 0 bridgehead atoms. The van der Waals surface area contributed by atoms with E-state index in [9.17, 15) is 21.6 Å². The number of sulfonamides is 2. The summed E-state index contributed by atoms with van der Waals surface area (Å²) in [5.41, 5.74) is 7.58. The molecular weight excluding hydrogens is 562 g/mol. The normalized spacial score (nSPS) is 22.2. The summed E-state index contributed by atoms with van der Waals surface area (Å²) in [4.78, 5) is 13.6. The van der Waals surface area contributed by atoms with Crippen LogP contribution < -0.4 is 20.7 Å². The van der Waals surface area contributed by atoms with Gasteiger partial charge in [-0.3, -0.25) is 9.10 Å². The van der Waals surface area contributed by atoms with Gasteiger partial charge in [0.1, 0.15) is 0 Å². The minimum atomic E-state index is -3.62. The maximum absolute atomic E-state index is 13.4. The standard InChI is InChI=1S/C29H41N5O5S2/c1-33(40(2,36)37)28-11-6-20(18-31-19-23-17-27(23)30)16-26(28)29(35)32-24-7-9-25(10-8-24)41(38,39)34-14-12-22(13-15-34)21-4-3-5-21/h6-11,16,21-23,27,31H,3-5,12-15,17-19,30H2,1-2H3,(H,32,35)/t23-,27+/m0/s1. The SMILES string of the molecule is CN(c1ccc(CNC[C@@H]2C[C@H]2N)cc1C(=O)Nc1ccc(S(=O)(=O)N2CCC(C3CCC3)CC2)cc1)S(C)(=O)=O. The summed E-state index contributed by atoms with van der Waals surface area (Å²) >= 11 is 0. The van der Waals surface area contributed by atoms with E-state index in [0.717, 1.165) is 47.8 Å².